The number of nitrogens with two attached hydrogens (primary N) is 1. The van der Waals surface area contributed by atoms with Gasteiger partial charge in [0, 0.05) is 30.8 Å². The lowest BCUT2D eigenvalue weighted by Crippen LogP contribution is -2.38. The van der Waals surface area contributed by atoms with E-state index in [0.29, 0.717) is 31.1 Å². The minimum Gasteiger partial charge on any atom is -0.339 e. The Morgan fingerprint density at radius 1 is 1.40 bits per heavy atom. The molecule has 0 aromatic heterocycles. The molecule has 108 valence electrons. The summed E-state index contributed by atoms with van der Waals surface area (Å²) in [6.45, 7) is 2.09. The van der Waals surface area contributed by atoms with Crippen molar-refractivity contribution < 1.29 is 9.72 Å². The summed E-state index contributed by atoms with van der Waals surface area (Å²) in [5.74, 6) is 0.467. The van der Waals surface area contributed by atoms with Gasteiger partial charge >= 0.3 is 0 Å². The topological polar surface area (TPSA) is 89.5 Å². The van der Waals surface area contributed by atoms with Gasteiger partial charge < -0.3 is 10.6 Å². The Hall–Kier alpha value is -1.95. The predicted octanol–water partition coefficient (Wildman–Crippen LogP) is 1.80. The second-order valence-corrected chi connectivity index (χ2v) is 5.12. The molecule has 20 heavy (non-hydrogen) atoms. The maximum absolute atomic E-state index is 12.3. The second-order valence-electron chi connectivity index (χ2n) is 5.12. The molecule has 0 radical (unpaired) electrons. The van der Waals surface area contributed by atoms with E-state index in [9.17, 15) is 14.9 Å². The summed E-state index contributed by atoms with van der Waals surface area (Å²) in [5.41, 5.74) is 5.88. The molecule has 1 amide bonds. The highest BCUT2D eigenvalue weighted by atomic mass is 16.6. The predicted molar refractivity (Wildman–Crippen MR) is 75.4 cm³/mol. The van der Waals surface area contributed by atoms with Gasteiger partial charge in [0.05, 0.1) is 4.92 Å². The number of nitrogens with zero attached hydrogens (tertiary/aromatic N) is 2. The van der Waals surface area contributed by atoms with E-state index < -0.39 is 4.92 Å². The quantitative estimate of drug-likeness (QED) is 0.671. The zero-order chi connectivity index (χ0) is 14.5. The number of carbonyl (C=O) groups is 1. The minimum absolute atomic E-state index is 0.0473. The fraction of sp³-hybridized carbons (Fsp3) is 0.500. The van der Waals surface area contributed by atoms with Crippen molar-refractivity contribution in [1.29, 1.82) is 0 Å². The first-order valence-electron chi connectivity index (χ1n) is 6.85. The Bertz CT molecular complexity index is 496. The molecule has 1 aromatic rings. The maximum atomic E-state index is 12.3. The Kier molecular flexibility index (Phi) is 4.68. The summed E-state index contributed by atoms with van der Waals surface area (Å²) in [5, 5.41) is 10.7. The molecule has 0 unspecified atom stereocenters. The molecule has 0 atom stereocenters. The molecule has 2 rings (SSSR count). The molecule has 6 heteroatoms. The van der Waals surface area contributed by atoms with E-state index in [-0.39, 0.29) is 11.6 Å². The smallest absolute Gasteiger partial charge is 0.270 e. The third-order valence-corrected chi connectivity index (χ3v) is 3.78. The lowest BCUT2D eigenvalue weighted by molar-refractivity contribution is -0.384. The molecule has 1 fully saturated rings. The standard InChI is InChI=1S/C14H19N3O3/c15-7-4-11-5-8-16(9-6-11)14(18)12-2-1-3-13(10-12)17(19)20/h1-3,10-11H,4-9,15H2. The SMILES string of the molecule is NCCC1CCN(C(=O)c2cccc([N+](=O)[O-])c2)CC1. The highest BCUT2D eigenvalue weighted by Crippen LogP contribution is 2.22. The highest BCUT2D eigenvalue weighted by molar-refractivity contribution is 5.94. The van der Waals surface area contributed by atoms with Crippen molar-refractivity contribution in [3.8, 4) is 0 Å². The molecule has 0 bridgehead atoms. The maximum Gasteiger partial charge on any atom is 0.270 e. The number of benzene rings is 1. The van der Waals surface area contributed by atoms with Crippen LogP contribution < -0.4 is 5.73 Å². The number of piperidine rings is 1. The van der Waals surface area contributed by atoms with Crippen molar-refractivity contribution in [3.05, 3.63) is 39.9 Å². The van der Waals surface area contributed by atoms with Crippen LogP contribution in [0.3, 0.4) is 0 Å². The summed E-state index contributed by atoms with van der Waals surface area (Å²) in [6.07, 6.45) is 2.91. The van der Waals surface area contributed by atoms with Crippen LogP contribution in [-0.2, 0) is 0 Å². The van der Waals surface area contributed by atoms with Crippen molar-refractivity contribution in [2.75, 3.05) is 19.6 Å². The third kappa shape index (κ3) is 3.33. The van der Waals surface area contributed by atoms with Crippen LogP contribution in [0.5, 0.6) is 0 Å². The van der Waals surface area contributed by atoms with Gasteiger partial charge in [0.1, 0.15) is 0 Å². The molecule has 1 saturated heterocycles. The van der Waals surface area contributed by atoms with Crippen LogP contribution in [0.25, 0.3) is 0 Å². The zero-order valence-corrected chi connectivity index (χ0v) is 11.3. The van der Waals surface area contributed by atoms with Gasteiger partial charge in [0.15, 0.2) is 0 Å². The van der Waals surface area contributed by atoms with E-state index in [1.165, 1.54) is 12.1 Å². The van der Waals surface area contributed by atoms with E-state index in [1.807, 2.05) is 0 Å². The number of carbonyl (C=O) groups excluding carboxylic acids is 1. The van der Waals surface area contributed by atoms with Gasteiger partial charge in [-0.25, -0.2) is 0 Å². The Morgan fingerprint density at radius 2 is 2.10 bits per heavy atom. The van der Waals surface area contributed by atoms with E-state index >= 15 is 0 Å². The molecule has 0 spiro atoms. The average molecular weight is 277 g/mol. The number of non-ortho nitro benzene ring substituents is 1. The summed E-state index contributed by atoms with van der Waals surface area (Å²) >= 11 is 0. The van der Waals surface area contributed by atoms with Crippen molar-refractivity contribution in [1.82, 2.24) is 4.90 Å². The summed E-state index contributed by atoms with van der Waals surface area (Å²) in [4.78, 5) is 24.3. The monoisotopic (exact) mass is 277 g/mol. The van der Waals surface area contributed by atoms with Gasteiger partial charge in [-0.1, -0.05) is 6.07 Å². The van der Waals surface area contributed by atoms with E-state index in [0.717, 1.165) is 19.3 Å². The van der Waals surface area contributed by atoms with Gasteiger partial charge in [-0.15, -0.1) is 0 Å². The Balaban J connectivity index is 2.02. The van der Waals surface area contributed by atoms with E-state index in [2.05, 4.69) is 0 Å². The molecule has 1 heterocycles. The third-order valence-electron chi connectivity index (χ3n) is 3.78. The molecular formula is C14H19N3O3. The zero-order valence-electron chi connectivity index (χ0n) is 11.3. The number of nitro benzene ring substituents is 1. The van der Waals surface area contributed by atoms with Crippen LogP contribution in [0.2, 0.25) is 0 Å². The van der Waals surface area contributed by atoms with Crippen LogP contribution >= 0.6 is 0 Å². The first-order chi connectivity index (χ1) is 9.61. The molecule has 6 nitrogen and oxygen atoms in total. The van der Waals surface area contributed by atoms with Crippen LogP contribution in [0, 0.1) is 16.0 Å². The summed E-state index contributed by atoms with van der Waals surface area (Å²) in [6, 6.07) is 5.91. The van der Waals surface area contributed by atoms with Crippen LogP contribution in [0.15, 0.2) is 24.3 Å². The summed E-state index contributed by atoms with van der Waals surface area (Å²) < 4.78 is 0. The van der Waals surface area contributed by atoms with E-state index in [4.69, 9.17) is 5.73 Å². The van der Waals surface area contributed by atoms with Gasteiger partial charge in [-0.05, 0) is 37.8 Å². The molecule has 0 aliphatic carbocycles. The van der Waals surface area contributed by atoms with Crippen molar-refractivity contribution in [2.45, 2.75) is 19.3 Å². The van der Waals surface area contributed by atoms with Crippen LogP contribution in [0.4, 0.5) is 5.69 Å². The van der Waals surface area contributed by atoms with E-state index in [1.54, 1.807) is 17.0 Å². The first-order valence-corrected chi connectivity index (χ1v) is 6.85. The van der Waals surface area contributed by atoms with Crippen molar-refractivity contribution in [3.63, 3.8) is 0 Å². The fourth-order valence-electron chi connectivity index (χ4n) is 2.60. The second kappa shape index (κ2) is 6.47. The molecule has 1 aromatic carbocycles. The summed E-state index contributed by atoms with van der Waals surface area (Å²) in [7, 11) is 0. The average Bonchev–Trinajstić information content (AvgIpc) is 2.48. The fourth-order valence-corrected chi connectivity index (χ4v) is 2.60. The number of likely N-dealkylation sites (tertiary alicyclic amines) is 1. The van der Waals surface area contributed by atoms with Crippen molar-refractivity contribution in [2.24, 2.45) is 11.7 Å². The molecule has 1 aliphatic heterocycles. The Morgan fingerprint density at radius 3 is 2.70 bits per heavy atom. The minimum atomic E-state index is -0.482. The molecule has 2 N–H and O–H groups in total. The molecule has 0 saturated carbocycles. The number of hydrogen-bond donors (Lipinski definition) is 1. The number of hydrogen-bond acceptors (Lipinski definition) is 4. The highest BCUT2D eigenvalue weighted by Gasteiger charge is 2.24. The van der Waals surface area contributed by atoms with Gasteiger partial charge in [-0.3, -0.25) is 14.9 Å². The first kappa shape index (κ1) is 14.5. The molecular weight excluding hydrogens is 258 g/mol. The van der Waals surface area contributed by atoms with Crippen LogP contribution in [-0.4, -0.2) is 35.4 Å². The number of rotatable bonds is 4. The number of nitro groups is 1. The van der Waals surface area contributed by atoms with Crippen LogP contribution in [0.1, 0.15) is 29.6 Å². The Labute approximate surface area is 117 Å². The van der Waals surface area contributed by atoms with Gasteiger partial charge in [0.2, 0.25) is 0 Å². The van der Waals surface area contributed by atoms with Crippen molar-refractivity contribution >= 4 is 11.6 Å². The lowest BCUT2D eigenvalue weighted by Gasteiger charge is -2.31. The molecule has 1 aliphatic rings. The normalized spacial score (nSPS) is 16.1. The van der Waals surface area contributed by atoms with Gasteiger partial charge in [0.25, 0.3) is 11.6 Å². The lowest BCUT2D eigenvalue weighted by atomic mass is 9.93. The largest absolute Gasteiger partial charge is 0.339 e. The van der Waals surface area contributed by atoms with Gasteiger partial charge in [-0.2, -0.15) is 0 Å². The number of amides is 1.